The number of halogens is 5. The summed E-state index contributed by atoms with van der Waals surface area (Å²) in [5.41, 5.74) is 2.10. The van der Waals surface area contributed by atoms with E-state index in [0.717, 1.165) is 51.4 Å². The highest BCUT2D eigenvalue weighted by Crippen LogP contribution is 2.41. The average Bonchev–Trinajstić information content (AvgIpc) is 3.93. The monoisotopic (exact) mass is 801 g/mol. The van der Waals surface area contributed by atoms with Gasteiger partial charge in [-0.2, -0.15) is 10.2 Å². The van der Waals surface area contributed by atoms with Crippen molar-refractivity contribution >= 4 is 29.0 Å². The summed E-state index contributed by atoms with van der Waals surface area (Å²) >= 11 is 5.65. The van der Waals surface area contributed by atoms with Crippen LogP contribution in [0.2, 0.25) is 5.15 Å². The number of aromatic nitrogens is 8. The normalized spacial score (nSPS) is 14.8. The molecule has 2 aromatic carbocycles. The van der Waals surface area contributed by atoms with Gasteiger partial charge in [-0.3, -0.25) is 19.0 Å². The van der Waals surface area contributed by atoms with E-state index in [2.05, 4.69) is 30.1 Å². The molecule has 0 saturated carbocycles. The molecule has 6 heterocycles. The third-order valence-corrected chi connectivity index (χ3v) is 10.3. The highest BCUT2D eigenvalue weighted by atomic mass is 35.5. The second kappa shape index (κ2) is 16.7. The lowest BCUT2D eigenvalue weighted by atomic mass is 9.80. The standard InChI is InChI=1S/C24H25F2N5O2.C16H11ClF2N4O/c1-16(32)21-12-20(29-31(21)14-17-4-2-3-5-18(17)25)22-27-13-19(26)23(28-22)30-9-6-24(15-30)7-10-33-11-8-24;1-9(24)14-6-13(16-20-7-12(19)15(17)21-16)22-23(14)8-10-4-2-3-5-11(10)18/h2-5,12-13H,6-11,14-15H2,1H3;2-7H,8H2,1H3. The van der Waals surface area contributed by atoms with E-state index in [1.165, 1.54) is 41.4 Å². The first-order valence-corrected chi connectivity index (χ1v) is 18.5. The van der Waals surface area contributed by atoms with E-state index < -0.39 is 17.5 Å². The van der Waals surface area contributed by atoms with Crippen LogP contribution in [0.4, 0.5) is 23.4 Å². The van der Waals surface area contributed by atoms with Crippen LogP contribution in [-0.4, -0.2) is 77.4 Å². The zero-order chi connectivity index (χ0) is 40.3. The van der Waals surface area contributed by atoms with E-state index >= 15 is 0 Å². The highest BCUT2D eigenvalue weighted by Gasteiger charge is 2.40. The molecule has 8 rings (SSSR count). The molecule has 294 valence electrons. The molecule has 17 heteroatoms. The van der Waals surface area contributed by atoms with Crippen LogP contribution in [-0.2, 0) is 17.8 Å². The SMILES string of the molecule is CC(=O)c1cc(-c2ncc(F)c(Cl)n2)nn1Cc1ccccc1F.CC(=O)c1cc(-c2ncc(F)c(N3CCC4(CCOCC4)C3)n2)nn1Cc1ccccc1F. The summed E-state index contributed by atoms with van der Waals surface area (Å²) in [6.07, 6.45) is 4.97. The highest BCUT2D eigenvalue weighted by molar-refractivity contribution is 6.29. The predicted octanol–water partition coefficient (Wildman–Crippen LogP) is 7.40. The van der Waals surface area contributed by atoms with Crippen LogP contribution in [0.1, 0.15) is 65.2 Å². The van der Waals surface area contributed by atoms with Crippen LogP contribution in [0.5, 0.6) is 0 Å². The Bertz CT molecular complexity index is 2450. The van der Waals surface area contributed by atoms with Gasteiger partial charge in [0.05, 0.1) is 25.5 Å². The number of nitrogens with zero attached hydrogens (tertiary/aromatic N) is 9. The molecule has 2 saturated heterocycles. The Morgan fingerprint density at radius 3 is 1.74 bits per heavy atom. The minimum atomic E-state index is -0.752. The Kier molecular flexibility index (Phi) is 11.5. The topological polar surface area (TPSA) is 134 Å². The van der Waals surface area contributed by atoms with Crippen molar-refractivity contribution in [2.45, 2.75) is 46.2 Å². The fourth-order valence-electron chi connectivity index (χ4n) is 6.94. The number of hydrogen-bond donors (Lipinski definition) is 0. The molecule has 4 aromatic heterocycles. The number of carbonyl (C=O) groups excluding carboxylic acids is 2. The second-order valence-electron chi connectivity index (χ2n) is 13.9. The molecule has 0 bridgehead atoms. The molecule has 0 radical (unpaired) electrons. The first kappa shape index (κ1) is 39.4. The third-order valence-electron chi connectivity index (χ3n) is 10.0. The summed E-state index contributed by atoms with van der Waals surface area (Å²) in [4.78, 5) is 42.2. The van der Waals surface area contributed by atoms with Gasteiger partial charge >= 0.3 is 0 Å². The molecule has 0 amide bonds. The van der Waals surface area contributed by atoms with Gasteiger partial charge in [-0.15, -0.1) is 0 Å². The molecule has 12 nitrogen and oxygen atoms in total. The number of benzene rings is 2. The molecule has 0 aliphatic carbocycles. The van der Waals surface area contributed by atoms with Crippen molar-refractivity contribution in [2.24, 2.45) is 5.41 Å². The molecule has 2 fully saturated rings. The molecule has 0 unspecified atom stereocenters. The molecule has 57 heavy (non-hydrogen) atoms. The summed E-state index contributed by atoms with van der Waals surface area (Å²) in [7, 11) is 0. The molecular weight excluding hydrogens is 766 g/mol. The lowest BCUT2D eigenvalue weighted by Gasteiger charge is -2.33. The van der Waals surface area contributed by atoms with Crippen LogP contribution < -0.4 is 4.90 Å². The summed E-state index contributed by atoms with van der Waals surface area (Å²) in [5, 5.41) is 8.36. The van der Waals surface area contributed by atoms with Crippen LogP contribution in [0.3, 0.4) is 0 Å². The number of hydrogen-bond acceptors (Lipinski definition) is 10. The van der Waals surface area contributed by atoms with Crippen molar-refractivity contribution in [1.29, 1.82) is 0 Å². The first-order chi connectivity index (χ1) is 27.4. The van der Waals surface area contributed by atoms with E-state index in [9.17, 15) is 27.2 Å². The molecule has 2 aliphatic rings. The maximum Gasteiger partial charge on any atom is 0.183 e. The zero-order valence-electron chi connectivity index (χ0n) is 30.9. The first-order valence-electron chi connectivity index (χ1n) is 18.1. The molecule has 6 aromatic rings. The number of Topliss-reactive ketones (excluding diaryl/α,β-unsaturated/α-hetero) is 2. The van der Waals surface area contributed by atoms with Crippen molar-refractivity contribution in [1.82, 2.24) is 39.5 Å². The summed E-state index contributed by atoms with van der Waals surface area (Å²) in [6.45, 7) is 5.86. The van der Waals surface area contributed by atoms with Gasteiger partial charge in [-0.1, -0.05) is 48.0 Å². The number of anilines is 1. The van der Waals surface area contributed by atoms with Crippen LogP contribution in [0.25, 0.3) is 23.0 Å². The number of ketones is 2. The van der Waals surface area contributed by atoms with E-state index in [1.807, 2.05) is 4.90 Å². The van der Waals surface area contributed by atoms with Gasteiger partial charge in [0.15, 0.2) is 45.8 Å². The van der Waals surface area contributed by atoms with Crippen molar-refractivity contribution in [3.8, 4) is 23.0 Å². The largest absolute Gasteiger partial charge is 0.381 e. The predicted molar refractivity (Wildman–Crippen MR) is 202 cm³/mol. The number of carbonyl (C=O) groups is 2. The van der Waals surface area contributed by atoms with E-state index in [0.29, 0.717) is 29.1 Å². The van der Waals surface area contributed by atoms with Crippen LogP contribution in [0.15, 0.2) is 73.1 Å². The Balaban J connectivity index is 0.000000183. The molecule has 0 atom stereocenters. The molecule has 2 aliphatic heterocycles. The Morgan fingerprint density at radius 1 is 0.719 bits per heavy atom. The van der Waals surface area contributed by atoms with Gasteiger partial charge in [-0.25, -0.2) is 37.5 Å². The summed E-state index contributed by atoms with van der Waals surface area (Å²) in [6, 6.07) is 15.6. The van der Waals surface area contributed by atoms with Gasteiger partial charge in [0.1, 0.15) is 34.4 Å². The lowest BCUT2D eigenvalue weighted by Crippen LogP contribution is -2.33. The molecule has 1 spiro atoms. The van der Waals surface area contributed by atoms with Gasteiger partial charge in [0.2, 0.25) is 0 Å². The van der Waals surface area contributed by atoms with Gasteiger partial charge in [-0.05, 0) is 48.9 Å². The summed E-state index contributed by atoms with van der Waals surface area (Å²) in [5.74, 6) is -1.92. The second-order valence-corrected chi connectivity index (χ2v) is 14.3. The smallest absolute Gasteiger partial charge is 0.183 e. The minimum absolute atomic E-state index is 0.0660. The third kappa shape index (κ3) is 8.76. The van der Waals surface area contributed by atoms with Crippen molar-refractivity contribution < 1.29 is 31.9 Å². The average molecular weight is 802 g/mol. The Labute approximate surface area is 329 Å². The summed E-state index contributed by atoms with van der Waals surface area (Å²) < 4.78 is 64.2. The Hall–Kier alpha value is -5.87. The van der Waals surface area contributed by atoms with E-state index in [1.54, 1.807) is 42.5 Å². The lowest BCUT2D eigenvalue weighted by molar-refractivity contribution is 0.0254. The van der Waals surface area contributed by atoms with Crippen LogP contribution >= 0.6 is 11.6 Å². The van der Waals surface area contributed by atoms with E-state index in [-0.39, 0.29) is 69.9 Å². The maximum atomic E-state index is 14.7. The van der Waals surface area contributed by atoms with Crippen molar-refractivity contribution in [3.63, 3.8) is 0 Å². The van der Waals surface area contributed by atoms with Gasteiger partial charge < -0.3 is 9.64 Å². The number of ether oxygens (including phenoxy) is 1. The maximum absolute atomic E-state index is 14.7. The zero-order valence-corrected chi connectivity index (χ0v) is 31.7. The fraction of sp³-hybridized carbons (Fsp3) is 0.300. The molecule has 0 N–H and O–H groups in total. The minimum Gasteiger partial charge on any atom is -0.381 e. The van der Waals surface area contributed by atoms with Gasteiger partial charge in [0.25, 0.3) is 0 Å². The van der Waals surface area contributed by atoms with Crippen molar-refractivity contribution in [3.05, 3.63) is 124 Å². The quantitative estimate of drug-likeness (QED) is 0.0828. The number of rotatable bonds is 9. The fourth-order valence-corrected chi connectivity index (χ4v) is 7.07. The Morgan fingerprint density at radius 2 is 1.23 bits per heavy atom. The van der Waals surface area contributed by atoms with Crippen LogP contribution in [0, 0.1) is 28.7 Å². The van der Waals surface area contributed by atoms with E-state index in [4.69, 9.17) is 16.3 Å². The molecular formula is C40H36ClF4N9O3. The van der Waals surface area contributed by atoms with Gasteiger partial charge in [0, 0.05) is 51.3 Å². The van der Waals surface area contributed by atoms with Crippen molar-refractivity contribution in [2.75, 3.05) is 31.2 Å².